The minimum Gasteiger partial charge on any atom is -0.347 e. The smallest absolute Gasteiger partial charge is 0.243 e. The second-order valence-electron chi connectivity index (χ2n) is 5.00. The molecule has 0 fully saturated rings. The number of nitrogens with zero attached hydrogens (tertiary/aromatic N) is 2. The van der Waals surface area contributed by atoms with Gasteiger partial charge >= 0.3 is 0 Å². The summed E-state index contributed by atoms with van der Waals surface area (Å²) in [7, 11) is 0. The highest BCUT2D eigenvalue weighted by molar-refractivity contribution is 5.94. The SMILES string of the molecule is CC(N)CC(=O)NCC(=O)Nc1ccc(-n2cccn2)cc1. The Hall–Kier alpha value is -2.67. The van der Waals surface area contributed by atoms with E-state index in [1.54, 1.807) is 29.9 Å². The lowest BCUT2D eigenvalue weighted by Crippen LogP contribution is -2.35. The molecule has 1 heterocycles. The van der Waals surface area contributed by atoms with Crippen molar-refractivity contribution < 1.29 is 9.59 Å². The molecule has 1 aromatic carbocycles. The molecular formula is C15H19N5O2. The van der Waals surface area contributed by atoms with E-state index in [-0.39, 0.29) is 30.8 Å². The van der Waals surface area contributed by atoms with Gasteiger partial charge < -0.3 is 16.4 Å². The van der Waals surface area contributed by atoms with E-state index in [4.69, 9.17) is 5.73 Å². The molecule has 4 N–H and O–H groups in total. The van der Waals surface area contributed by atoms with Crippen molar-refractivity contribution in [1.29, 1.82) is 0 Å². The summed E-state index contributed by atoms with van der Waals surface area (Å²) < 4.78 is 1.72. The van der Waals surface area contributed by atoms with Crippen LogP contribution in [0.5, 0.6) is 0 Å². The molecule has 7 heteroatoms. The molecule has 0 spiro atoms. The van der Waals surface area contributed by atoms with Crippen LogP contribution in [0.2, 0.25) is 0 Å². The van der Waals surface area contributed by atoms with Crippen LogP contribution in [0.15, 0.2) is 42.7 Å². The molecule has 116 valence electrons. The summed E-state index contributed by atoms with van der Waals surface area (Å²) in [6.45, 7) is 1.66. The highest BCUT2D eigenvalue weighted by Crippen LogP contribution is 2.12. The van der Waals surface area contributed by atoms with Gasteiger partial charge in [-0.2, -0.15) is 5.10 Å². The molecule has 7 nitrogen and oxygen atoms in total. The molecule has 1 aromatic heterocycles. The number of aromatic nitrogens is 2. The Bertz CT molecular complexity index is 620. The summed E-state index contributed by atoms with van der Waals surface area (Å²) in [5.41, 5.74) is 7.06. The van der Waals surface area contributed by atoms with E-state index in [0.717, 1.165) is 5.69 Å². The Balaban J connectivity index is 1.83. The maximum atomic E-state index is 11.7. The van der Waals surface area contributed by atoms with Gasteiger partial charge in [-0.3, -0.25) is 9.59 Å². The highest BCUT2D eigenvalue weighted by atomic mass is 16.2. The first kappa shape index (κ1) is 15.7. The van der Waals surface area contributed by atoms with Crippen LogP contribution in [0.4, 0.5) is 5.69 Å². The van der Waals surface area contributed by atoms with E-state index in [1.165, 1.54) is 0 Å². The summed E-state index contributed by atoms with van der Waals surface area (Å²) >= 11 is 0. The van der Waals surface area contributed by atoms with Crippen LogP contribution in [0.25, 0.3) is 5.69 Å². The topological polar surface area (TPSA) is 102 Å². The van der Waals surface area contributed by atoms with Gasteiger partial charge in [-0.25, -0.2) is 4.68 Å². The van der Waals surface area contributed by atoms with E-state index in [1.807, 2.05) is 24.4 Å². The number of anilines is 1. The average molecular weight is 301 g/mol. The van der Waals surface area contributed by atoms with Crippen LogP contribution in [0.1, 0.15) is 13.3 Å². The Kier molecular flexibility index (Phi) is 5.26. The lowest BCUT2D eigenvalue weighted by molar-refractivity contribution is -0.124. The Morgan fingerprint density at radius 3 is 2.59 bits per heavy atom. The fraction of sp³-hybridized carbons (Fsp3) is 0.267. The molecule has 0 aliphatic carbocycles. The maximum absolute atomic E-state index is 11.7. The van der Waals surface area contributed by atoms with Gasteiger partial charge in [-0.05, 0) is 37.3 Å². The molecule has 0 saturated heterocycles. The summed E-state index contributed by atoms with van der Waals surface area (Å²) in [5.74, 6) is -0.524. The van der Waals surface area contributed by atoms with Crippen molar-refractivity contribution in [2.75, 3.05) is 11.9 Å². The van der Waals surface area contributed by atoms with Gasteiger partial charge in [0.1, 0.15) is 0 Å². The van der Waals surface area contributed by atoms with Crippen molar-refractivity contribution in [3.8, 4) is 5.69 Å². The van der Waals surface area contributed by atoms with Crippen LogP contribution < -0.4 is 16.4 Å². The third-order valence-corrected chi connectivity index (χ3v) is 2.87. The molecule has 2 amide bonds. The van der Waals surface area contributed by atoms with Crippen molar-refractivity contribution >= 4 is 17.5 Å². The van der Waals surface area contributed by atoms with Gasteiger partial charge in [0.25, 0.3) is 0 Å². The van der Waals surface area contributed by atoms with Crippen LogP contribution in [-0.4, -0.2) is 34.2 Å². The van der Waals surface area contributed by atoms with Gasteiger partial charge in [0.15, 0.2) is 0 Å². The lowest BCUT2D eigenvalue weighted by Gasteiger charge is -2.09. The third kappa shape index (κ3) is 4.71. The zero-order valence-electron chi connectivity index (χ0n) is 12.3. The summed E-state index contributed by atoms with van der Waals surface area (Å²) in [4.78, 5) is 23.1. The fourth-order valence-corrected chi connectivity index (χ4v) is 1.87. The van der Waals surface area contributed by atoms with E-state index in [9.17, 15) is 9.59 Å². The van der Waals surface area contributed by atoms with E-state index < -0.39 is 0 Å². The second-order valence-corrected chi connectivity index (χ2v) is 5.00. The van der Waals surface area contributed by atoms with E-state index in [0.29, 0.717) is 5.69 Å². The standard InChI is InChI=1S/C15H19N5O2/c1-11(16)9-14(21)17-10-15(22)19-12-3-5-13(6-4-12)20-8-2-7-18-20/h2-8,11H,9-10,16H2,1H3,(H,17,21)(H,19,22). The Morgan fingerprint density at radius 1 is 1.27 bits per heavy atom. The monoisotopic (exact) mass is 301 g/mol. The number of rotatable bonds is 6. The quantitative estimate of drug-likeness (QED) is 0.729. The molecule has 1 unspecified atom stereocenters. The van der Waals surface area contributed by atoms with Crippen molar-refractivity contribution in [1.82, 2.24) is 15.1 Å². The molecule has 0 bridgehead atoms. The molecule has 0 aliphatic heterocycles. The van der Waals surface area contributed by atoms with Crippen molar-refractivity contribution in [2.45, 2.75) is 19.4 Å². The van der Waals surface area contributed by atoms with Gasteiger partial charge in [-0.15, -0.1) is 0 Å². The number of hydrogen-bond acceptors (Lipinski definition) is 4. The zero-order chi connectivity index (χ0) is 15.9. The normalized spacial score (nSPS) is 11.7. The maximum Gasteiger partial charge on any atom is 0.243 e. The minimum atomic E-state index is -0.287. The molecule has 0 aliphatic rings. The lowest BCUT2D eigenvalue weighted by atomic mass is 10.2. The first-order chi connectivity index (χ1) is 10.5. The number of nitrogens with one attached hydrogen (secondary N) is 2. The number of amides is 2. The van der Waals surface area contributed by atoms with E-state index >= 15 is 0 Å². The predicted octanol–water partition coefficient (Wildman–Crippen LogP) is 0.664. The molecule has 1 atom stereocenters. The zero-order valence-corrected chi connectivity index (χ0v) is 12.3. The molecule has 2 aromatic rings. The number of carbonyl (C=O) groups is 2. The van der Waals surface area contributed by atoms with Crippen molar-refractivity contribution in [2.24, 2.45) is 5.73 Å². The first-order valence-corrected chi connectivity index (χ1v) is 6.97. The summed E-state index contributed by atoms with van der Waals surface area (Å²) in [6.07, 6.45) is 3.73. The van der Waals surface area contributed by atoms with Gasteiger partial charge in [0.05, 0.1) is 12.2 Å². The van der Waals surface area contributed by atoms with Crippen LogP contribution >= 0.6 is 0 Å². The molecular weight excluding hydrogens is 282 g/mol. The van der Waals surface area contributed by atoms with Gasteiger partial charge in [-0.1, -0.05) is 0 Å². The number of nitrogens with two attached hydrogens (primary N) is 1. The summed E-state index contributed by atoms with van der Waals surface area (Å²) in [5, 5.41) is 9.35. The second kappa shape index (κ2) is 7.37. The molecule has 0 radical (unpaired) electrons. The molecule has 0 saturated carbocycles. The Labute approximate surface area is 128 Å². The van der Waals surface area contributed by atoms with Gasteiger partial charge in [0, 0.05) is 30.5 Å². The first-order valence-electron chi connectivity index (χ1n) is 6.97. The van der Waals surface area contributed by atoms with E-state index in [2.05, 4.69) is 15.7 Å². The third-order valence-electron chi connectivity index (χ3n) is 2.87. The fourth-order valence-electron chi connectivity index (χ4n) is 1.87. The van der Waals surface area contributed by atoms with Gasteiger partial charge in [0.2, 0.25) is 11.8 Å². The van der Waals surface area contributed by atoms with Crippen LogP contribution in [-0.2, 0) is 9.59 Å². The highest BCUT2D eigenvalue weighted by Gasteiger charge is 2.08. The van der Waals surface area contributed by atoms with Crippen molar-refractivity contribution in [3.05, 3.63) is 42.7 Å². The molecule has 22 heavy (non-hydrogen) atoms. The number of carbonyl (C=O) groups excluding carboxylic acids is 2. The van der Waals surface area contributed by atoms with Crippen LogP contribution in [0, 0.1) is 0 Å². The number of hydrogen-bond donors (Lipinski definition) is 3. The predicted molar refractivity (Wildman–Crippen MR) is 83.5 cm³/mol. The number of benzene rings is 1. The minimum absolute atomic E-state index is 0.0769. The average Bonchev–Trinajstić information content (AvgIpc) is 2.99. The largest absolute Gasteiger partial charge is 0.347 e. The van der Waals surface area contributed by atoms with Crippen molar-refractivity contribution in [3.63, 3.8) is 0 Å². The summed E-state index contributed by atoms with van der Waals surface area (Å²) in [6, 6.07) is 8.85. The Morgan fingerprint density at radius 2 is 2.00 bits per heavy atom. The molecule has 2 rings (SSSR count). The van der Waals surface area contributed by atoms with Crippen LogP contribution in [0.3, 0.4) is 0 Å².